The Balaban J connectivity index is 2.17. The molecule has 0 spiro atoms. The van der Waals surface area contributed by atoms with Gasteiger partial charge in [-0.15, -0.1) is 0 Å². The van der Waals surface area contributed by atoms with Crippen LogP contribution in [0.15, 0.2) is 12.4 Å². The predicted octanol–water partition coefficient (Wildman–Crippen LogP) is -0.0220. The topological polar surface area (TPSA) is 84.4 Å². The Hall–Kier alpha value is -2.18. The molecule has 1 aliphatic rings. The number of rotatable bonds is 3. The molecule has 0 aliphatic carbocycles. The van der Waals surface area contributed by atoms with Crippen molar-refractivity contribution in [1.82, 2.24) is 15.3 Å². The number of amides is 1. The van der Waals surface area contributed by atoms with Crippen LogP contribution < -0.4 is 10.2 Å². The van der Waals surface area contributed by atoms with Crippen LogP contribution in [0.1, 0.15) is 23.3 Å². The molecule has 1 N–H and O–H groups in total. The first-order chi connectivity index (χ1) is 9.17. The number of nitrogens with one attached hydrogen (secondary N) is 1. The molecule has 1 unspecified atom stereocenters. The summed E-state index contributed by atoms with van der Waals surface area (Å²) in [7, 11) is 2.91. The number of anilines is 1. The van der Waals surface area contributed by atoms with Crippen LogP contribution in [-0.2, 0) is 9.53 Å². The average molecular weight is 264 g/mol. The SMILES string of the molecule is CNC(=O)C1CCCN1c1cnc(C(=O)OC)cn1. The number of hydrogen-bond donors (Lipinski definition) is 1. The van der Waals surface area contributed by atoms with Crippen LogP contribution in [0, 0.1) is 0 Å². The molecule has 7 nitrogen and oxygen atoms in total. The molecule has 102 valence electrons. The highest BCUT2D eigenvalue weighted by Gasteiger charge is 2.31. The first-order valence-corrected chi connectivity index (χ1v) is 6.06. The van der Waals surface area contributed by atoms with Crippen molar-refractivity contribution in [3.63, 3.8) is 0 Å². The lowest BCUT2D eigenvalue weighted by molar-refractivity contribution is -0.121. The van der Waals surface area contributed by atoms with Crippen LogP contribution in [0.2, 0.25) is 0 Å². The Bertz CT molecular complexity index is 474. The van der Waals surface area contributed by atoms with Crippen LogP contribution >= 0.6 is 0 Å². The van der Waals surface area contributed by atoms with E-state index in [1.54, 1.807) is 7.05 Å². The summed E-state index contributed by atoms with van der Waals surface area (Å²) in [6.07, 6.45) is 4.58. The monoisotopic (exact) mass is 264 g/mol. The van der Waals surface area contributed by atoms with E-state index in [0.29, 0.717) is 5.82 Å². The quantitative estimate of drug-likeness (QED) is 0.772. The molecule has 2 heterocycles. The number of ether oxygens (including phenoxy) is 1. The molecule has 1 fully saturated rings. The lowest BCUT2D eigenvalue weighted by Gasteiger charge is -2.23. The van der Waals surface area contributed by atoms with Crippen molar-refractivity contribution in [1.29, 1.82) is 0 Å². The zero-order valence-electron chi connectivity index (χ0n) is 10.9. The summed E-state index contributed by atoms with van der Waals surface area (Å²) in [5.41, 5.74) is 0.155. The number of aromatic nitrogens is 2. The third kappa shape index (κ3) is 2.64. The van der Waals surface area contributed by atoms with Gasteiger partial charge in [0, 0.05) is 13.6 Å². The Morgan fingerprint density at radius 3 is 2.79 bits per heavy atom. The van der Waals surface area contributed by atoms with Gasteiger partial charge in [-0.2, -0.15) is 0 Å². The van der Waals surface area contributed by atoms with Gasteiger partial charge in [0.25, 0.3) is 0 Å². The zero-order valence-corrected chi connectivity index (χ0v) is 10.9. The molecule has 1 saturated heterocycles. The van der Waals surface area contributed by atoms with Crippen molar-refractivity contribution in [2.75, 3.05) is 25.6 Å². The molecule has 1 aromatic rings. The van der Waals surface area contributed by atoms with E-state index in [0.717, 1.165) is 19.4 Å². The zero-order chi connectivity index (χ0) is 13.8. The summed E-state index contributed by atoms with van der Waals surface area (Å²) in [4.78, 5) is 33.1. The maximum atomic E-state index is 11.7. The lowest BCUT2D eigenvalue weighted by Crippen LogP contribution is -2.42. The van der Waals surface area contributed by atoms with Gasteiger partial charge in [0.05, 0.1) is 19.5 Å². The number of methoxy groups -OCH3 is 1. The van der Waals surface area contributed by atoms with Crippen molar-refractivity contribution < 1.29 is 14.3 Å². The average Bonchev–Trinajstić information content (AvgIpc) is 2.95. The predicted molar refractivity (Wildman–Crippen MR) is 67.8 cm³/mol. The summed E-state index contributed by atoms with van der Waals surface area (Å²) < 4.78 is 4.56. The third-order valence-electron chi connectivity index (χ3n) is 3.13. The fourth-order valence-corrected chi connectivity index (χ4v) is 2.16. The van der Waals surface area contributed by atoms with Gasteiger partial charge < -0.3 is 15.0 Å². The van der Waals surface area contributed by atoms with E-state index in [2.05, 4.69) is 20.0 Å². The Morgan fingerprint density at radius 1 is 1.42 bits per heavy atom. The molecular formula is C12H16N4O3. The van der Waals surface area contributed by atoms with Gasteiger partial charge in [-0.1, -0.05) is 0 Å². The highest BCUT2D eigenvalue weighted by Crippen LogP contribution is 2.23. The Morgan fingerprint density at radius 2 is 2.21 bits per heavy atom. The van der Waals surface area contributed by atoms with Crippen molar-refractivity contribution in [3.8, 4) is 0 Å². The number of carbonyl (C=O) groups is 2. The van der Waals surface area contributed by atoms with E-state index in [-0.39, 0.29) is 17.6 Å². The summed E-state index contributed by atoms with van der Waals surface area (Å²) in [5, 5.41) is 2.64. The van der Waals surface area contributed by atoms with Crippen LogP contribution in [0.4, 0.5) is 5.82 Å². The second-order valence-electron chi connectivity index (χ2n) is 4.22. The van der Waals surface area contributed by atoms with Crippen molar-refractivity contribution in [3.05, 3.63) is 18.1 Å². The molecule has 1 aromatic heterocycles. The number of carbonyl (C=O) groups excluding carboxylic acids is 2. The maximum Gasteiger partial charge on any atom is 0.358 e. The number of esters is 1. The standard InChI is InChI=1S/C12H16N4O3/c1-13-11(17)9-4-3-5-16(9)10-7-14-8(6-15-10)12(18)19-2/h6-7,9H,3-5H2,1-2H3,(H,13,17). The van der Waals surface area contributed by atoms with Crippen LogP contribution in [0.25, 0.3) is 0 Å². The number of likely N-dealkylation sites (N-methyl/N-ethyl adjacent to an activating group) is 1. The van der Waals surface area contributed by atoms with Crippen LogP contribution in [0.3, 0.4) is 0 Å². The fourth-order valence-electron chi connectivity index (χ4n) is 2.16. The molecule has 1 atom stereocenters. The summed E-state index contributed by atoms with van der Waals surface area (Å²) >= 11 is 0. The lowest BCUT2D eigenvalue weighted by atomic mass is 10.2. The minimum absolute atomic E-state index is 0.0312. The van der Waals surface area contributed by atoms with Crippen LogP contribution in [-0.4, -0.2) is 48.6 Å². The molecule has 19 heavy (non-hydrogen) atoms. The molecular weight excluding hydrogens is 248 g/mol. The second kappa shape index (κ2) is 5.64. The third-order valence-corrected chi connectivity index (χ3v) is 3.13. The van der Waals surface area contributed by atoms with Crippen LogP contribution in [0.5, 0.6) is 0 Å². The first kappa shape index (κ1) is 13.3. The van der Waals surface area contributed by atoms with E-state index in [1.165, 1.54) is 19.5 Å². The van der Waals surface area contributed by atoms with Gasteiger partial charge >= 0.3 is 5.97 Å². The molecule has 0 bridgehead atoms. The largest absolute Gasteiger partial charge is 0.464 e. The molecule has 1 amide bonds. The van der Waals surface area contributed by atoms with Gasteiger partial charge in [-0.25, -0.2) is 14.8 Å². The van der Waals surface area contributed by atoms with Gasteiger partial charge in [0.2, 0.25) is 5.91 Å². The van der Waals surface area contributed by atoms with Gasteiger partial charge in [0.1, 0.15) is 11.9 Å². The normalized spacial score (nSPS) is 18.2. The van der Waals surface area contributed by atoms with Gasteiger partial charge in [-0.3, -0.25) is 4.79 Å². The highest BCUT2D eigenvalue weighted by molar-refractivity contribution is 5.87. The van der Waals surface area contributed by atoms with Gasteiger partial charge in [-0.05, 0) is 12.8 Å². The summed E-state index contributed by atoms with van der Waals surface area (Å²) in [6.45, 7) is 0.754. The molecule has 2 rings (SSSR count). The minimum Gasteiger partial charge on any atom is -0.464 e. The van der Waals surface area contributed by atoms with Crippen molar-refractivity contribution >= 4 is 17.7 Å². The van der Waals surface area contributed by atoms with Gasteiger partial charge in [0.15, 0.2) is 5.69 Å². The Kier molecular flexibility index (Phi) is 3.94. The van der Waals surface area contributed by atoms with E-state index >= 15 is 0 Å². The highest BCUT2D eigenvalue weighted by atomic mass is 16.5. The molecule has 0 radical (unpaired) electrons. The maximum absolute atomic E-state index is 11.7. The van der Waals surface area contributed by atoms with E-state index in [4.69, 9.17) is 0 Å². The van der Waals surface area contributed by atoms with Crippen molar-refractivity contribution in [2.45, 2.75) is 18.9 Å². The molecule has 0 aromatic carbocycles. The summed E-state index contributed by atoms with van der Waals surface area (Å²) in [6, 6.07) is -0.219. The second-order valence-corrected chi connectivity index (χ2v) is 4.22. The number of hydrogen-bond acceptors (Lipinski definition) is 6. The fraction of sp³-hybridized carbons (Fsp3) is 0.500. The minimum atomic E-state index is -0.525. The molecule has 0 saturated carbocycles. The number of nitrogens with zero attached hydrogens (tertiary/aromatic N) is 3. The van der Waals surface area contributed by atoms with E-state index < -0.39 is 5.97 Å². The molecule has 7 heteroatoms. The molecule has 1 aliphatic heterocycles. The van der Waals surface area contributed by atoms with Crippen molar-refractivity contribution in [2.24, 2.45) is 0 Å². The Labute approximate surface area is 111 Å². The summed E-state index contributed by atoms with van der Waals surface area (Å²) in [5.74, 6) is 0.0402. The van der Waals surface area contributed by atoms with E-state index in [9.17, 15) is 9.59 Å². The smallest absolute Gasteiger partial charge is 0.358 e. The first-order valence-electron chi connectivity index (χ1n) is 6.06. The van der Waals surface area contributed by atoms with E-state index in [1.807, 2.05) is 4.90 Å².